The maximum Gasteiger partial charge on any atom is 0.338 e. The molecular weight excluding hydrogens is 592 g/mol. The van der Waals surface area contributed by atoms with Gasteiger partial charge in [0.1, 0.15) is 37.9 Å². The molecule has 0 saturated carbocycles. The predicted molar refractivity (Wildman–Crippen MR) is 151 cm³/mol. The zero-order valence-corrected chi connectivity index (χ0v) is 23.4. The van der Waals surface area contributed by atoms with Gasteiger partial charge in [-0.2, -0.15) is 8.42 Å². The van der Waals surface area contributed by atoms with Crippen LogP contribution in [0, 0.1) is 35.8 Å². The second-order valence-corrected chi connectivity index (χ2v) is 9.74. The summed E-state index contributed by atoms with van der Waals surface area (Å²) in [6.07, 6.45) is 0. The maximum absolute atomic E-state index is 12.3. The van der Waals surface area contributed by atoms with Crippen molar-refractivity contribution in [1.29, 1.82) is 10.5 Å². The predicted octanol–water partition coefficient (Wildman–Crippen LogP) is 2.51. The minimum atomic E-state index is -4.44. The van der Waals surface area contributed by atoms with Gasteiger partial charge in [-0.3, -0.25) is 4.55 Å². The highest BCUT2D eigenvalue weighted by Crippen LogP contribution is 2.14. The molecule has 3 rings (SSSR count). The SMILES string of the molecule is [C-]#[N+]C(C#N)=c1cc(OCCOC(=O)c2ccc(S(=O)(=O)O)cc2)c(=C(C#N)[N+]#[C-])cc1OCCOC(=O)c1ccccc1. The van der Waals surface area contributed by atoms with Gasteiger partial charge in [0.05, 0.1) is 41.3 Å². The van der Waals surface area contributed by atoms with Crippen LogP contribution in [0.2, 0.25) is 0 Å². The van der Waals surface area contributed by atoms with Crippen molar-refractivity contribution in [3.8, 4) is 23.6 Å². The van der Waals surface area contributed by atoms with Gasteiger partial charge in [0.15, 0.2) is 0 Å². The van der Waals surface area contributed by atoms with Crippen LogP contribution >= 0.6 is 0 Å². The van der Waals surface area contributed by atoms with Gasteiger partial charge in [0, 0.05) is 10.4 Å². The van der Waals surface area contributed by atoms with E-state index in [1.54, 1.807) is 42.5 Å². The largest absolute Gasteiger partial charge is 0.491 e. The molecule has 0 atom stereocenters. The molecule has 1 N–H and O–H groups in total. The Hall–Kier alpha value is -6.19. The van der Waals surface area contributed by atoms with E-state index in [2.05, 4.69) is 9.69 Å². The Balaban J connectivity index is 1.80. The zero-order chi connectivity index (χ0) is 32.1. The van der Waals surface area contributed by atoms with Gasteiger partial charge in [-0.15, -0.1) is 0 Å². The fraction of sp³-hybridized carbons (Fsp3) is 0.133. The number of hydrogen-bond acceptors (Lipinski definition) is 10. The van der Waals surface area contributed by atoms with Gasteiger partial charge >= 0.3 is 11.9 Å². The number of hydrogen-bond donors (Lipinski definition) is 1. The summed E-state index contributed by atoms with van der Waals surface area (Å²) in [5, 5.41) is 19.0. The Morgan fingerprint density at radius 1 is 0.727 bits per heavy atom. The molecule has 0 heterocycles. The number of nitriles is 2. The third kappa shape index (κ3) is 8.41. The standard InChI is InChI=1S/C30H20N4O9S/c1-33-25(18-31)23-17-28(41-13-15-43-30(36)21-8-10-22(11-9-21)44(37,38)39)24(26(19-32)34-2)16-27(23)40-12-14-42-29(35)20-6-4-3-5-7-20/h3-11,16-17H,12-15H2,(H,37,38,39). The quantitative estimate of drug-likeness (QED) is 0.145. The highest BCUT2D eigenvalue weighted by Gasteiger charge is 2.15. The van der Waals surface area contributed by atoms with E-state index < -0.39 is 38.3 Å². The summed E-state index contributed by atoms with van der Waals surface area (Å²) in [5.74, 6) is -1.55. The maximum atomic E-state index is 12.3. The van der Waals surface area contributed by atoms with Crippen molar-refractivity contribution in [3.05, 3.63) is 111 Å². The van der Waals surface area contributed by atoms with Gasteiger partial charge in [-0.25, -0.2) is 29.8 Å². The van der Waals surface area contributed by atoms with E-state index in [9.17, 15) is 28.5 Å². The van der Waals surface area contributed by atoms with E-state index in [0.29, 0.717) is 5.56 Å². The third-order valence-corrected chi connectivity index (χ3v) is 6.44. The molecule has 3 aromatic carbocycles. The molecule has 44 heavy (non-hydrogen) atoms. The molecule has 0 aliphatic heterocycles. The first kappa shape index (κ1) is 32.3. The molecule has 0 fully saturated rings. The smallest absolute Gasteiger partial charge is 0.338 e. The van der Waals surface area contributed by atoms with Crippen LogP contribution in [0.25, 0.3) is 21.1 Å². The van der Waals surface area contributed by atoms with Gasteiger partial charge in [-0.05, 0) is 48.5 Å². The van der Waals surface area contributed by atoms with Gasteiger partial charge in [0.25, 0.3) is 21.5 Å². The van der Waals surface area contributed by atoms with Crippen LogP contribution in [-0.2, 0) is 19.6 Å². The summed E-state index contributed by atoms with van der Waals surface area (Å²) in [6.45, 7) is 13.8. The number of carbonyl (C=O) groups is 2. The van der Waals surface area contributed by atoms with E-state index in [4.69, 9.17) is 36.6 Å². The Kier molecular flexibility index (Phi) is 11.1. The molecule has 0 aliphatic rings. The lowest BCUT2D eigenvalue weighted by Gasteiger charge is -2.13. The number of esters is 2. The Labute approximate surface area is 251 Å². The summed E-state index contributed by atoms with van der Waals surface area (Å²) in [7, 11) is -4.44. The Morgan fingerprint density at radius 3 is 1.55 bits per heavy atom. The molecule has 0 bridgehead atoms. The average Bonchev–Trinajstić information content (AvgIpc) is 3.03. The van der Waals surface area contributed by atoms with Gasteiger partial charge < -0.3 is 18.9 Å². The summed E-state index contributed by atoms with van der Waals surface area (Å²) >= 11 is 0. The lowest BCUT2D eigenvalue weighted by molar-refractivity contribution is 0.0440. The topological polar surface area (TPSA) is 182 Å². The Bertz CT molecular complexity index is 1930. The average molecular weight is 613 g/mol. The van der Waals surface area contributed by atoms with Crippen LogP contribution in [0.1, 0.15) is 20.7 Å². The monoisotopic (exact) mass is 612 g/mol. The fourth-order valence-electron chi connectivity index (χ4n) is 3.54. The van der Waals surface area contributed by atoms with E-state index in [1.165, 1.54) is 12.1 Å². The number of carbonyl (C=O) groups excluding carboxylic acids is 2. The van der Waals surface area contributed by atoms with E-state index >= 15 is 0 Å². The number of nitrogens with zero attached hydrogens (tertiary/aromatic N) is 4. The number of ether oxygens (including phenoxy) is 4. The first-order valence-electron chi connectivity index (χ1n) is 12.3. The molecule has 0 radical (unpaired) electrons. The van der Waals surface area contributed by atoms with Crippen LogP contribution in [0.4, 0.5) is 0 Å². The first-order valence-corrected chi connectivity index (χ1v) is 13.8. The molecule has 0 spiro atoms. The van der Waals surface area contributed by atoms with Crippen molar-refractivity contribution in [2.24, 2.45) is 0 Å². The molecule has 3 aromatic rings. The number of benzene rings is 3. The van der Waals surface area contributed by atoms with Crippen molar-refractivity contribution in [1.82, 2.24) is 0 Å². The summed E-state index contributed by atoms with van der Waals surface area (Å²) in [4.78, 5) is 30.5. The van der Waals surface area contributed by atoms with Crippen LogP contribution in [0.15, 0.2) is 71.6 Å². The molecule has 0 aromatic heterocycles. The normalized spacial score (nSPS) is 11.8. The fourth-order valence-corrected chi connectivity index (χ4v) is 4.02. The zero-order valence-electron chi connectivity index (χ0n) is 22.6. The van der Waals surface area contributed by atoms with Crippen LogP contribution < -0.4 is 19.9 Å². The molecule has 0 aliphatic carbocycles. The molecule has 0 unspecified atom stereocenters. The molecule has 14 heteroatoms. The molecular formula is C30H20N4O9S. The van der Waals surface area contributed by atoms with Crippen LogP contribution in [0.5, 0.6) is 11.5 Å². The third-order valence-electron chi connectivity index (χ3n) is 5.57. The second-order valence-electron chi connectivity index (χ2n) is 8.32. The van der Waals surface area contributed by atoms with Gasteiger partial charge in [0.2, 0.25) is 0 Å². The van der Waals surface area contributed by atoms with Crippen molar-refractivity contribution in [2.75, 3.05) is 26.4 Å². The minimum absolute atomic E-state index is 0.00486. The van der Waals surface area contributed by atoms with Crippen molar-refractivity contribution < 1.29 is 41.5 Å². The van der Waals surface area contributed by atoms with Crippen LogP contribution in [-0.4, -0.2) is 51.3 Å². The minimum Gasteiger partial charge on any atom is -0.491 e. The second kappa shape index (κ2) is 15.2. The van der Waals surface area contributed by atoms with Crippen molar-refractivity contribution in [3.63, 3.8) is 0 Å². The lowest BCUT2D eigenvalue weighted by Crippen LogP contribution is -2.23. The Morgan fingerprint density at radius 2 is 1.16 bits per heavy atom. The van der Waals surface area contributed by atoms with Crippen molar-refractivity contribution >= 4 is 33.5 Å². The first-order chi connectivity index (χ1) is 21.1. The highest BCUT2D eigenvalue weighted by atomic mass is 32.2. The van der Waals surface area contributed by atoms with Crippen molar-refractivity contribution in [2.45, 2.75) is 4.90 Å². The summed E-state index contributed by atoms with van der Waals surface area (Å²) < 4.78 is 53.0. The summed E-state index contributed by atoms with van der Waals surface area (Å²) in [6, 6.07) is 18.5. The molecule has 0 saturated heterocycles. The lowest BCUT2D eigenvalue weighted by atomic mass is 10.1. The van der Waals surface area contributed by atoms with Gasteiger partial charge in [-0.1, -0.05) is 18.2 Å². The molecule has 0 amide bonds. The van der Waals surface area contributed by atoms with Crippen LogP contribution in [0.3, 0.4) is 0 Å². The highest BCUT2D eigenvalue weighted by molar-refractivity contribution is 7.85. The van der Waals surface area contributed by atoms with E-state index in [-0.39, 0.29) is 53.9 Å². The van der Waals surface area contributed by atoms with E-state index in [1.807, 2.05) is 0 Å². The van der Waals surface area contributed by atoms with E-state index in [0.717, 1.165) is 24.3 Å². The molecule has 220 valence electrons. The summed E-state index contributed by atoms with van der Waals surface area (Å²) in [5.41, 5.74) is -0.464. The molecule has 13 nitrogen and oxygen atoms in total. The number of rotatable bonds is 11.